The number of aryl methyl sites for hydroxylation is 1. The summed E-state index contributed by atoms with van der Waals surface area (Å²) in [5.74, 6) is -0.216. The van der Waals surface area contributed by atoms with Crippen molar-refractivity contribution in [3.05, 3.63) is 92.5 Å². The lowest BCUT2D eigenvalue weighted by atomic mass is 10.1. The monoisotopic (exact) mass is 596 g/mol. The predicted molar refractivity (Wildman–Crippen MR) is 157 cm³/mol. The summed E-state index contributed by atoms with van der Waals surface area (Å²) in [7, 11) is 0. The molecule has 0 aromatic heterocycles. The van der Waals surface area contributed by atoms with Crippen molar-refractivity contribution in [1.29, 1.82) is 0 Å². The summed E-state index contributed by atoms with van der Waals surface area (Å²) >= 11 is 12.9. The molecule has 4 amide bonds. The van der Waals surface area contributed by atoms with Gasteiger partial charge < -0.3 is 14.2 Å². The molecule has 1 heterocycles. The highest BCUT2D eigenvalue weighted by molar-refractivity contribution is 6.37. The summed E-state index contributed by atoms with van der Waals surface area (Å²) in [6.45, 7) is 6.96. The molecule has 3 aromatic rings. The van der Waals surface area contributed by atoms with Gasteiger partial charge in [0.15, 0.2) is 17.2 Å². The van der Waals surface area contributed by atoms with Crippen molar-refractivity contribution in [3.8, 4) is 17.2 Å². The van der Waals surface area contributed by atoms with E-state index >= 15 is 0 Å². The smallest absolute Gasteiger partial charge is 0.331 e. The number of ether oxygens (including phenoxy) is 3. The Labute approximate surface area is 248 Å². The molecule has 41 heavy (non-hydrogen) atoms. The highest BCUT2D eigenvalue weighted by atomic mass is 35.5. The number of carbonyl (C=O) groups is 3. The van der Waals surface area contributed by atoms with Crippen LogP contribution < -0.4 is 19.5 Å². The zero-order valence-electron chi connectivity index (χ0n) is 23.0. The first kappa shape index (κ1) is 30.0. The van der Waals surface area contributed by atoms with Gasteiger partial charge in [-0.1, -0.05) is 66.0 Å². The molecular formula is C31H30Cl2N2O6. The number of urea groups is 1. The van der Waals surface area contributed by atoms with Gasteiger partial charge in [0.05, 0.1) is 29.8 Å². The second-order valence-corrected chi connectivity index (χ2v) is 10.2. The normalized spacial score (nSPS) is 14.3. The summed E-state index contributed by atoms with van der Waals surface area (Å²) in [4.78, 5) is 39.5. The van der Waals surface area contributed by atoms with Crippen molar-refractivity contribution in [2.75, 3.05) is 13.2 Å². The second kappa shape index (κ2) is 13.6. The number of rotatable bonds is 11. The number of hydrogen-bond donors (Lipinski definition) is 1. The van der Waals surface area contributed by atoms with Gasteiger partial charge in [-0.3, -0.25) is 19.8 Å². The number of halogens is 2. The van der Waals surface area contributed by atoms with Crippen LogP contribution in [0.4, 0.5) is 4.79 Å². The molecule has 8 nitrogen and oxygen atoms in total. The number of imide groups is 2. The fraction of sp³-hybridized carbons (Fsp3) is 0.258. The molecule has 3 aromatic carbocycles. The molecule has 1 saturated heterocycles. The molecule has 1 fully saturated rings. The maximum atomic E-state index is 13.3. The topological polar surface area (TPSA) is 94.2 Å². The Balaban J connectivity index is 1.54. The van der Waals surface area contributed by atoms with Crippen LogP contribution in [0.2, 0.25) is 10.0 Å². The Morgan fingerprint density at radius 2 is 1.54 bits per heavy atom. The van der Waals surface area contributed by atoms with Crippen LogP contribution in [0.1, 0.15) is 42.5 Å². The fourth-order valence-corrected chi connectivity index (χ4v) is 4.69. The first-order valence-electron chi connectivity index (χ1n) is 13.1. The van der Waals surface area contributed by atoms with Gasteiger partial charge in [0.25, 0.3) is 11.8 Å². The van der Waals surface area contributed by atoms with Crippen LogP contribution in [0.15, 0.2) is 60.2 Å². The summed E-state index contributed by atoms with van der Waals surface area (Å²) in [5.41, 5.74) is 2.86. The number of nitrogens with zero attached hydrogens (tertiary/aromatic N) is 1. The van der Waals surface area contributed by atoms with Crippen LogP contribution in [-0.2, 0) is 22.7 Å². The molecule has 1 aliphatic heterocycles. The van der Waals surface area contributed by atoms with E-state index in [0.717, 1.165) is 22.4 Å². The van der Waals surface area contributed by atoms with Gasteiger partial charge in [0.1, 0.15) is 12.2 Å². The minimum Gasteiger partial charge on any atom is -0.490 e. The molecule has 0 saturated carbocycles. The van der Waals surface area contributed by atoms with Crippen LogP contribution >= 0.6 is 23.2 Å². The molecule has 0 spiro atoms. The molecule has 0 bridgehead atoms. The van der Waals surface area contributed by atoms with E-state index in [2.05, 4.69) is 5.32 Å². The number of carbonyl (C=O) groups excluding carboxylic acids is 3. The highest BCUT2D eigenvalue weighted by Gasteiger charge is 2.36. The lowest BCUT2D eigenvalue weighted by Crippen LogP contribution is -2.53. The molecular weight excluding hydrogens is 567 g/mol. The van der Waals surface area contributed by atoms with Crippen LogP contribution in [-0.4, -0.2) is 36.0 Å². The molecule has 0 radical (unpaired) electrons. The largest absolute Gasteiger partial charge is 0.490 e. The van der Waals surface area contributed by atoms with E-state index in [0.29, 0.717) is 35.8 Å². The summed E-state index contributed by atoms with van der Waals surface area (Å²) in [5, 5.41) is 2.64. The standard InChI is InChI=1S/C31H30Cl2N2O6/c1-4-12-40-26-11-10-21(16-27(26)39-5-2)17-35-30(37)23(29(36)34-31(35)38)13-22-14-24(32)28(25(33)15-22)41-18-20-8-6-19(3)7-9-20/h6-11,13-16H,4-5,12,17-18H2,1-3H3,(H,34,36,38)/b23-13+. The third-order valence-corrected chi connectivity index (χ3v) is 6.69. The maximum absolute atomic E-state index is 13.3. The van der Waals surface area contributed by atoms with E-state index < -0.39 is 17.8 Å². The molecule has 1 N–H and O–H groups in total. The van der Waals surface area contributed by atoms with Gasteiger partial charge in [-0.15, -0.1) is 0 Å². The average molecular weight is 597 g/mol. The van der Waals surface area contributed by atoms with E-state index in [-0.39, 0.29) is 34.5 Å². The highest BCUT2D eigenvalue weighted by Crippen LogP contribution is 2.36. The molecule has 214 valence electrons. The Hall–Kier alpha value is -4.01. The third kappa shape index (κ3) is 7.39. The number of barbiturate groups is 1. The van der Waals surface area contributed by atoms with Gasteiger partial charge >= 0.3 is 6.03 Å². The number of benzene rings is 3. The van der Waals surface area contributed by atoms with Gasteiger partial charge in [-0.05, 0) is 67.3 Å². The third-order valence-electron chi connectivity index (χ3n) is 6.13. The van der Waals surface area contributed by atoms with Crippen molar-refractivity contribution in [1.82, 2.24) is 10.2 Å². The van der Waals surface area contributed by atoms with Gasteiger partial charge in [-0.25, -0.2) is 4.79 Å². The SMILES string of the molecule is CCCOc1ccc(CN2C(=O)NC(=O)/C(=C\c3cc(Cl)c(OCc4ccc(C)cc4)c(Cl)c3)C2=O)cc1OCC. The first-order valence-corrected chi connectivity index (χ1v) is 13.9. The fourth-order valence-electron chi connectivity index (χ4n) is 4.08. The van der Waals surface area contributed by atoms with Crippen molar-refractivity contribution in [3.63, 3.8) is 0 Å². The van der Waals surface area contributed by atoms with E-state index in [9.17, 15) is 14.4 Å². The van der Waals surface area contributed by atoms with Crippen LogP contribution in [0.5, 0.6) is 17.2 Å². The summed E-state index contributed by atoms with van der Waals surface area (Å²) < 4.78 is 17.2. The molecule has 1 aliphatic rings. The lowest BCUT2D eigenvalue weighted by Gasteiger charge is -2.26. The van der Waals surface area contributed by atoms with Crippen molar-refractivity contribution < 1.29 is 28.6 Å². The van der Waals surface area contributed by atoms with E-state index in [1.807, 2.05) is 45.0 Å². The number of hydrogen-bond acceptors (Lipinski definition) is 6. The molecule has 0 unspecified atom stereocenters. The van der Waals surface area contributed by atoms with Crippen LogP contribution in [0.3, 0.4) is 0 Å². The van der Waals surface area contributed by atoms with E-state index in [4.69, 9.17) is 37.4 Å². The van der Waals surface area contributed by atoms with Gasteiger partial charge in [-0.2, -0.15) is 0 Å². The summed E-state index contributed by atoms with van der Waals surface area (Å²) in [6.07, 6.45) is 2.17. The van der Waals surface area contributed by atoms with Gasteiger partial charge in [0.2, 0.25) is 0 Å². The number of nitrogens with one attached hydrogen (secondary N) is 1. The van der Waals surface area contributed by atoms with E-state index in [1.165, 1.54) is 18.2 Å². The van der Waals surface area contributed by atoms with E-state index in [1.54, 1.807) is 18.2 Å². The number of amides is 4. The van der Waals surface area contributed by atoms with Crippen LogP contribution in [0.25, 0.3) is 6.08 Å². The minimum atomic E-state index is -0.822. The first-order chi connectivity index (χ1) is 19.7. The van der Waals surface area contributed by atoms with Crippen molar-refractivity contribution in [2.24, 2.45) is 0 Å². The second-order valence-electron chi connectivity index (χ2n) is 9.36. The van der Waals surface area contributed by atoms with Gasteiger partial charge in [0, 0.05) is 0 Å². The Morgan fingerprint density at radius 3 is 2.20 bits per heavy atom. The molecule has 10 heteroatoms. The molecule has 0 atom stereocenters. The summed E-state index contributed by atoms with van der Waals surface area (Å²) in [6, 6.07) is 15.3. The Kier molecular flexibility index (Phi) is 9.91. The zero-order valence-corrected chi connectivity index (χ0v) is 24.5. The van der Waals surface area contributed by atoms with Crippen LogP contribution in [0, 0.1) is 6.92 Å². The molecule has 0 aliphatic carbocycles. The Bertz CT molecular complexity index is 1460. The van der Waals surface area contributed by atoms with Crippen molar-refractivity contribution >= 4 is 47.1 Å². The quantitative estimate of drug-likeness (QED) is 0.195. The predicted octanol–water partition coefficient (Wildman–Crippen LogP) is 6.73. The zero-order chi connectivity index (χ0) is 29.5. The van der Waals surface area contributed by atoms with Crippen molar-refractivity contribution in [2.45, 2.75) is 40.3 Å². The minimum absolute atomic E-state index is 0.0866. The average Bonchev–Trinajstić information content (AvgIpc) is 2.93. The maximum Gasteiger partial charge on any atom is 0.331 e. The lowest BCUT2D eigenvalue weighted by molar-refractivity contribution is -0.130. The Morgan fingerprint density at radius 1 is 0.854 bits per heavy atom. The molecule has 4 rings (SSSR count).